The summed E-state index contributed by atoms with van der Waals surface area (Å²) in [6.07, 6.45) is 10.7. The maximum absolute atomic E-state index is 10.1. The highest BCUT2D eigenvalue weighted by Crippen LogP contribution is 2.41. The van der Waals surface area contributed by atoms with Gasteiger partial charge in [-0.3, -0.25) is 0 Å². The second-order valence-corrected chi connectivity index (χ2v) is 7.71. The maximum Gasteiger partial charge on any atom is 0.0583 e. The molecule has 116 valence electrons. The summed E-state index contributed by atoms with van der Waals surface area (Å²) < 4.78 is 0. The first-order chi connectivity index (χ1) is 9.72. The zero-order valence-electron chi connectivity index (χ0n) is 13.1. The molecule has 0 spiro atoms. The van der Waals surface area contributed by atoms with E-state index in [9.17, 15) is 5.11 Å². The summed E-state index contributed by atoms with van der Waals surface area (Å²) in [5.41, 5.74) is 0.495. The van der Waals surface area contributed by atoms with E-state index in [1.54, 1.807) is 0 Å². The molecule has 3 unspecified atom stereocenters. The number of aliphatic hydroxyl groups is 1. The monoisotopic (exact) mass is 280 g/mol. The Hall–Kier alpha value is -0.120. The molecule has 0 radical (unpaired) electrons. The van der Waals surface area contributed by atoms with Crippen LogP contribution in [-0.4, -0.2) is 49.3 Å². The number of aliphatic hydroxyl groups excluding tert-OH is 1. The lowest BCUT2D eigenvalue weighted by Gasteiger charge is -2.37. The first-order valence-electron chi connectivity index (χ1n) is 8.77. The van der Waals surface area contributed by atoms with Gasteiger partial charge in [-0.05, 0) is 44.1 Å². The fourth-order valence-electron chi connectivity index (χ4n) is 5.18. The third kappa shape index (κ3) is 3.05. The Balaban J connectivity index is 1.62. The largest absolute Gasteiger partial charge is 0.393 e. The molecule has 3 heteroatoms. The van der Waals surface area contributed by atoms with Crippen molar-refractivity contribution in [1.29, 1.82) is 0 Å². The Labute approximate surface area is 124 Å². The van der Waals surface area contributed by atoms with E-state index in [0.29, 0.717) is 11.3 Å². The van der Waals surface area contributed by atoms with Crippen LogP contribution in [0.3, 0.4) is 0 Å². The Bertz CT molecular complexity index is 312. The van der Waals surface area contributed by atoms with Gasteiger partial charge in [-0.15, -0.1) is 0 Å². The Kier molecular flexibility index (Phi) is 4.68. The van der Waals surface area contributed by atoms with Gasteiger partial charge in [0.15, 0.2) is 0 Å². The first-order valence-corrected chi connectivity index (χ1v) is 8.77. The fourth-order valence-corrected chi connectivity index (χ4v) is 5.18. The zero-order chi connectivity index (χ0) is 14.0. The van der Waals surface area contributed by atoms with Crippen molar-refractivity contribution in [2.75, 3.05) is 33.2 Å². The van der Waals surface area contributed by atoms with Crippen molar-refractivity contribution in [3.05, 3.63) is 0 Å². The standard InChI is InChI=1S/C17H32N2O/c1-18-12-17(8-4-2-3-5-9-17)13-19-10-14-6-7-16(20)15(14)11-19/h14-16,18,20H,2-13H2,1H3. The number of likely N-dealkylation sites (tertiary alicyclic amines) is 1. The lowest BCUT2D eigenvalue weighted by atomic mass is 9.79. The van der Waals surface area contributed by atoms with Gasteiger partial charge in [-0.1, -0.05) is 25.7 Å². The van der Waals surface area contributed by atoms with Gasteiger partial charge in [-0.25, -0.2) is 0 Å². The zero-order valence-corrected chi connectivity index (χ0v) is 13.1. The van der Waals surface area contributed by atoms with Crippen LogP contribution in [0.1, 0.15) is 51.4 Å². The number of fused-ring (bicyclic) bond motifs is 1. The van der Waals surface area contributed by atoms with Crippen LogP contribution in [0, 0.1) is 17.3 Å². The lowest BCUT2D eigenvalue weighted by Crippen LogP contribution is -2.43. The van der Waals surface area contributed by atoms with Crippen molar-refractivity contribution in [2.45, 2.75) is 57.5 Å². The smallest absolute Gasteiger partial charge is 0.0583 e. The fraction of sp³-hybridized carbons (Fsp3) is 1.00. The topological polar surface area (TPSA) is 35.5 Å². The van der Waals surface area contributed by atoms with E-state index in [2.05, 4.69) is 17.3 Å². The molecular formula is C17H32N2O. The quantitative estimate of drug-likeness (QED) is 0.775. The van der Waals surface area contributed by atoms with Crippen LogP contribution in [0.5, 0.6) is 0 Å². The molecule has 2 N–H and O–H groups in total. The van der Waals surface area contributed by atoms with E-state index < -0.39 is 0 Å². The van der Waals surface area contributed by atoms with Gasteiger partial charge >= 0.3 is 0 Å². The molecule has 0 aromatic rings. The summed E-state index contributed by atoms with van der Waals surface area (Å²) in [4.78, 5) is 2.68. The summed E-state index contributed by atoms with van der Waals surface area (Å²) in [7, 11) is 2.11. The highest BCUT2D eigenvalue weighted by molar-refractivity contribution is 4.96. The van der Waals surface area contributed by atoms with Crippen LogP contribution in [0.15, 0.2) is 0 Å². The third-order valence-corrected chi connectivity index (χ3v) is 6.17. The summed E-state index contributed by atoms with van der Waals surface area (Å²) in [6, 6.07) is 0. The van der Waals surface area contributed by atoms with E-state index in [4.69, 9.17) is 0 Å². The summed E-state index contributed by atoms with van der Waals surface area (Å²) in [6.45, 7) is 4.82. The van der Waals surface area contributed by atoms with E-state index in [0.717, 1.165) is 18.9 Å². The van der Waals surface area contributed by atoms with Crippen LogP contribution < -0.4 is 5.32 Å². The number of rotatable bonds is 4. The summed E-state index contributed by atoms with van der Waals surface area (Å²) >= 11 is 0. The molecule has 3 fully saturated rings. The molecule has 1 saturated heterocycles. The Morgan fingerprint density at radius 2 is 1.85 bits per heavy atom. The molecule has 20 heavy (non-hydrogen) atoms. The molecule has 3 nitrogen and oxygen atoms in total. The molecule has 1 aliphatic heterocycles. The minimum atomic E-state index is -0.0145. The average Bonchev–Trinajstić information content (AvgIpc) is 2.87. The predicted molar refractivity (Wildman–Crippen MR) is 82.7 cm³/mol. The Morgan fingerprint density at radius 1 is 1.10 bits per heavy atom. The molecule has 0 aromatic carbocycles. The van der Waals surface area contributed by atoms with Crippen LogP contribution in [-0.2, 0) is 0 Å². The van der Waals surface area contributed by atoms with Crippen molar-refractivity contribution in [3.8, 4) is 0 Å². The number of nitrogens with zero attached hydrogens (tertiary/aromatic N) is 1. The summed E-state index contributed by atoms with van der Waals surface area (Å²) in [5, 5.41) is 13.6. The minimum absolute atomic E-state index is 0.0145. The van der Waals surface area contributed by atoms with Gasteiger partial charge in [0.2, 0.25) is 0 Å². The van der Waals surface area contributed by atoms with Crippen molar-refractivity contribution in [2.24, 2.45) is 17.3 Å². The Morgan fingerprint density at radius 3 is 2.50 bits per heavy atom. The SMILES string of the molecule is CNCC1(CN2CC3CCC(O)C3C2)CCCCCC1. The number of nitrogens with one attached hydrogen (secondary N) is 1. The van der Waals surface area contributed by atoms with E-state index >= 15 is 0 Å². The molecule has 3 aliphatic rings. The molecule has 3 rings (SSSR count). The van der Waals surface area contributed by atoms with Gasteiger partial charge < -0.3 is 15.3 Å². The number of hydrogen-bond acceptors (Lipinski definition) is 3. The van der Waals surface area contributed by atoms with Crippen LogP contribution >= 0.6 is 0 Å². The second kappa shape index (κ2) is 6.33. The van der Waals surface area contributed by atoms with Gasteiger partial charge in [0.05, 0.1) is 6.10 Å². The van der Waals surface area contributed by atoms with Crippen LogP contribution in [0.4, 0.5) is 0 Å². The molecule has 2 saturated carbocycles. The minimum Gasteiger partial charge on any atom is -0.393 e. The van der Waals surface area contributed by atoms with Gasteiger partial charge in [0, 0.05) is 32.1 Å². The van der Waals surface area contributed by atoms with E-state index in [-0.39, 0.29) is 6.10 Å². The van der Waals surface area contributed by atoms with Gasteiger partial charge in [-0.2, -0.15) is 0 Å². The highest BCUT2D eigenvalue weighted by atomic mass is 16.3. The average molecular weight is 280 g/mol. The van der Waals surface area contributed by atoms with Crippen molar-refractivity contribution in [3.63, 3.8) is 0 Å². The molecule has 2 aliphatic carbocycles. The second-order valence-electron chi connectivity index (χ2n) is 7.71. The molecular weight excluding hydrogens is 248 g/mol. The molecule has 0 amide bonds. The molecule has 0 aromatic heterocycles. The van der Waals surface area contributed by atoms with E-state index in [1.165, 1.54) is 64.6 Å². The first kappa shape index (κ1) is 14.8. The highest BCUT2D eigenvalue weighted by Gasteiger charge is 2.44. The number of hydrogen-bond donors (Lipinski definition) is 2. The van der Waals surface area contributed by atoms with Crippen molar-refractivity contribution in [1.82, 2.24) is 10.2 Å². The predicted octanol–water partition coefficient (Wildman–Crippen LogP) is 2.25. The van der Waals surface area contributed by atoms with Crippen molar-refractivity contribution >= 4 is 0 Å². The third-order valence-electron chi connectivity index (χ3n) is 6.17. The molecule has 0 bridgehead atoms. The molecule has 1 heterocycles. The van der Waals surface area contributed by atoms with Gasteiger partial charge in [0.25, 0.3) is 0 Å². The van der Waals surface area contributed by atoms with Gasteiger partial charge in [0.1, 0.15) is 0 Å². The van der Waals surface area contributed by atoms with Crippen molar-refractivity contribution < 1.29 is 5.11 Å². The maximum atomic E-state index is 10.1. The normalized spacial score (nSPS) is 37.8. The molecule has 3 atom stereocenters. The van der Waals surface area contributed by atoms with E-state index in [1.807, 2.05) is 0 Å². The lowest BCUT2D eigenvalue weighted by molar-refractivity contribution is 0.107. The summed E-state index contributed by atoms with van der Waals surface area (Å²) in [5.74, 6) is 1.36. The van der Waals surface area contributed by atoms with Crippen LogP contribution in [0.2, 0.25) is 0 Å². The van der Waals surface area contributed by atoms with Crippen LogP contribution in [0.25, 0.3) is 0 Å².